The SMILES string of the molecule is COC(=O)C(F)C(O)C1CCCCC1. The normalized spacial score (nSPS) is 22.8. The highest BCUT2D eigenvalue weighted by molar-refractivity contribution is 5.75. The van der Waals surface area contributed by atoms with Gasteiger partial charge in [0.15, 0.2) is 0 Å². The van der Waals surface area contributed by atoms with Crippen molar-refractivity contribution < 1.29 is 19.0 Å². The Bertz CT molecular complexity index is 190. The van der Waals surface area contributed by atoms with E-state index in [1.54, 1.807) is 0 Å². The molecule has 2 atom stereocenters. The second-order valence-electron chi connectivity index (χ2n) is 3.81. The topological polar surface area (TPSA) is 46.5 Å². The van der Waals surface area contributed by atoms with Gasteiger partial charge in [0.05, 0.1) is 13.2 Å². The summed E-state index contributed by atoms with van der Waals surface area (Å²) in [6.45, 7) is 0. The van der Waals surface area contributed by atoms with Crippen molar-refractivity contribution in [3.05, 3.63) is 0 Å². The Morgan fingerprint density at radius 2 is 2.00 bits per heavy atom. The lowest BCUT2D eigenvalue weighted by atomic mass is 9.84. The molecule has 3 nitrogen and oxygen atoms in total. The van der Waals surface area contributed by atoms with Gasteiger partial charge in [-0.2, -0.15) is 0 Å². The molecule has 0 aliphatic heterocycles. The van der Waals surface area contributed by atoms with Crippen LogP contribution in [0.5, 0.6) is 0 Å². The fourth-order valence-corrected chi connectivity index (χ4v) is 1.97. The van der Waals surface area contributed by atoms with Crippen LogP contribution in [-0.2, 0) is 9.53 Å². The Hall–Kier alpha value is -0.640. The molecule has 82 valence electrons. The van der Waals surface area contributed by atoms with Crippen LogP contribution in [0.1, 0.15) is 32.1 Å². The molecule has 0 spiro atoms. The summed E-state index contributed by atoms with van der Waals surface area (Å²) in [7, 11) is 1.13. The van der Waals surface area contributed by atoms with Crippen LogP contribution in [0, 0.1) is 5.92 Å². The maximum atomic E-state index is 13.3. The number of carbonyl (C=O) groups is 1. The van der Waals surface area contributed by atoms with E-state index in [4.69, 9.17) is 0 Å². The number of hydrogen-bond acceptors (Lipinski definition) is 3. The first kappa shape index (κ1) is 11.4. The van der Waals surface area contributed by atoms with E-state index in [2.05, 4.69) is 4.74 Å². The van der Waals surface area contributed by atoms with E-state index >= 15 is 0 Å². The van der Waals surface area contributed by atoms with E-state index in [0.29, 0.717) is 0 Å². The Balaban J connectivity index is 2.45. The standard InChI is InChI=1S/C10H17FO3/c1-14-10(13)8(11)9(12)7-5-3-2-4-6-7/h7-9,12H,2-6H2,1H3. The third kappa shape index (κ3) is 2.67. The molecular weight excluding hydrogens is 187 g/mol. The number of alkyl halides is 1. The Morgan fingerprint density at radius 1 is 1.43 bits per heavy atom. The van der Waals surface area contributed by atoms with Gasteiger partial charge in [-0.1, -0.05) is 19.3 Å². The van der Waals surface area contributed by atoms with Crippen molar-refractivity contribution in [1.29, 1.82) is 0 Å². The number of ether oxygens (including phenoxy) is 1. The molecule has 0 amide bonds. The third-order valence-electron chi connectivity index (χ3n) is 2.86. The van der Waals surface area contributed by atoms with Crippen molar-refractivity contribution in [2.45, 2.75) is 44.4 Å². The first-order chi connectivity index (χ1) is 6.66. The van der Waals surface area contributed by atoms with Gasteiger partial charge in [0.25, 0.3) is 0 Å². The Labute approximate surface area is 83.3 Å². The monoisotopic (exact) mass is 204 g/mol. The van der Waals surface area contributed by atoms with E-state index in [9.17, 15) is 14.3 Å². The van der Waals surface area contributed by atoms with Gasteiger partial charge in [0.2, 0.25) is 6.17 Å². The average Bonchev–Trinajstić information content (AvgIpc) is 2.27. The minimum Gasteiger partial charge on any atom is -0.467 e. The second kappa shape index (κ2) is 5.29. The molecule has 0 bridgehead atoms. The molecule has 1 aliphatic carbocycles. The lowest BCUT2D eigenvalue weighted by Gasteiger charge is -2.27. The van der Waals surface area contributed by atoms with Gasteiger partial charge in [-0.3, -0.25) is 0 Å². The van der Waals surface area contributed by atoms with Crippen LogP contribution < -0.4 is 0 Å². The number of aliphatic hydroxyl groups is 1. The molecular formula is C10H17FO3. The zero-order valence-corrected chi connectivity index (χ0v) is 8.41. The number of methoxy groups -OCH3 is 1. The van der Waals surface area contributed by atoms with Crippen molar-refractivity contribution in [3.8, 4) is 0 Å². The molecule has 1 aliphatic rings. The summed E-state index contributed by atoms with van der Waals surface area (Å²) in [5.74, 6) is -1.05. The van der Waals surface area contributed by atoms with Gasteiger partial charge < -0.3 is 9.84 Å². The molecule has 0 heterocycles. The van der Waals surface area contributed by atoms with Crippen molar-refractivity contribution in [2.24, 2.45) is 5.92 Å². The first-order valence-electron chi connectivity index (χ1n) is 5.06. The Kier molecular flexibility index (Phi) is 4.32. The average molecular weight is 204 g/mol. The second-order valence-corrected chi connectivity index (χ2v) is 3.81. The zero-order chi connectivity index (χ0) is 10.6. The zero-order valence-electron chi connectivity index (χ0n) is 8.41. The summed E-state index contributed by atoms with van der Waals surface area (Å²) in [4.78, 5) is 10.8. The van der Waals surface area contributed by atoms with Gasteiger partial charge in [-0.15, -0.1) is 0 Å². The van der Waals surface area contributed by atoms with Crippen molar-refractivity contribution in [3.63, 3.8) is 0 Å². The van der Waals surface area contributed by atoms with E-state index < -0.39 is 18.2 Å². The van der Waals surface area contributed by atoms with Gasteiger partial charge >= 0.3 is 5.97 Å². The fraction of sp³-hybridized carbons (Fsp3) is 0.900. The summed E-state index contributed by atoms with van der Waals surface area (Å²) in [6, 6.07) is 0. The van der Waals surface area contributed by atoms with Crippen LogP contribution in [0.15, 0.2) is 0 Å². The molecule has 1 N–H and O–H groups in total. The summed E-state index contributed by atoms with van der Waals surface area (Å²) in [5.41, 5.74) is 0. The number of aliphatic hydroxyl groups excluding tert-OH is 1. The van der Waals surface area contributed by atoms with Gasteiger partial charge in [0, 0.05) is 0 Å². The Morgan fingerprint density at radius 3 is 2.50 bits per heavy atom. The van der Waals surface area contributed by atoms with E-state index in [1.165, 1.54) is 0 Å². The van der Waals surface area contributed by atoms with Crippen LogP contribution in [0.2, 0.25) is 0 Å². The molecule has 1 fully saturated rings. The lowest BCUT2D eigenvalue weighted by molar-refractivity contribution is -0.152. The molecule has 1 rings (SSSR count). The van der Waals surface area contributed by atoms with E-state index in [1.807, 2.05) is 0 Å². The highest BCUT2D eigenvalue weighted by Crippen LogP contribution is 2.28. The van der Waals surface area contributed by atoms with Crippen LogP contribution in [0.25, 0.3) is 0 Å². The van der Waals surface area contributed by atoms with Crippen LogP contribution in [0.4, 0.5) is 4.39 Å². The molecule has 0 aromatic carbocycles. The summed E-state index contributed by atoms with van der Waals surface area (Å²) in [5, 5.41) is 9.57. The highest BCUT2D eigenvalue weighted by atomic mass is 19.1. The van der Waals surface area contributed by atoms with Crippen LogP contribution >= 0.6 is 0 Å². The third-order valence-corrected chi connectivity index (χ3v) is 2.86. The van der Waals surface area contributed by atoms with Gasteiger partial charge in [-0.05, 0) is 18.8 Å². The summed E-state index contributed by atoms with van der Waals surface area (Å²) < 4.78 is 17.5. The predicted octanol–water partition coefficient (Wildman–Crippen LogP) is 1.44. The summed E-state index contributed by atoms with van der Waals surface area (Å²) in [6.07, 6.45) is 1.69. The molecule has 0 aromatic rings. The number of hydrogen-bond donors (Lipinski definition) is 1. The molecule has 0 radical (unpaired) electrons. The van der Waals surface area contributed by atoms with Crippen LogP contribution in [-0.4, -0.2) is 30.5 Å². The van der Waals surface area contributed by atoms with E-state index in [0.717, 1.165) is 39.2 Å². The maximum absolute atomic E-state index is 13.3. The quantitative estimate of drug-likeness (QED) is 0.707. The van der Waals surface area contributed by atoms with E-state index in [-0.39, 0.29) is 5.92 Å². The summed E-state index contributed by atoms with van der Waals surface area (Å²) >= 11 is 0. The minimum atomic E-state index is -1.89. The fourth-order valence-electron chi connectivity index (χ4n) is 1.97. The van der Waals surface area contributed by atoms with Crippen LogP contribution in [0.3, 0.4) is 0 Å². The molecule has 1 saturated carbocycles. The van der Waals surface area contributed by atoms with Gasteiger partial charge in [-0.25, -0.2) is 9.18 Å². The number of esters is 1. The first-order valence-corrected chi connectivity index (χ1v) is 5.06. The lowest BCUT2D eigenvalue weighted by Crippen LogP contribution is -2.37. The van der Waals surface area contributed by atoms with Crippen molar-refractivity contribution >= 4 is 5.97 Å². The van der Waals surface area contributed by atoms with Gasteiger partial charge in [0.1, 0.15) is 0 Å². The maximum Gasteiger partial charge on any atom is 0.343 e. The predicted molar refractivity (Wildman–Crippen MR) is 49.5 cm³/mol. The highest BCUT2D eigenvalue weighted by Gasteiger charge is 2.34. The van der Waals surface area contributed by atoms with Crippen molar-refractivity contribution in [2.75, 3.05) is 7.11 Å². The number of rotatable bonds is 3. The number of halogens is 1. The van der Waals surface area contributed by atoms with Crippen molar-refractivity contribution in [1.82, 2.24) is 0 Å². The molecule has 0 saturated heterocycles. The number of carbonyl (C=O) groups excluding carboxylic acids is 1. The smallest absolute Gasteiger partial charge is 0.343 e. The largest absolute Gasteiger partial charge is 0.467 e. The molecule has 4 heteroatoms. The molecule has 14 heavy (non-hydrogen) atoms. The molecule has 2 unspecified atom stereocenters. The minimum absolute atomic E-state index is 0.0853. The molecule has 0 aromatic heterocycles.